The van der Waals surface area contributed by atoms with Crippen LogP contribution in [-0.4, -0.2) is 26.9 Å². The number of benzene rings is 3. The Hall–Kier alpha value is -3.85. The SMILES string of the molecule is NC(=O)c1cccc2c1CN(c1cccc(S(=O)(=O)N3CCCc4ccccc43)c1)C(=O)N2. The van der Waals surface area contributed by atoms with Crippen molar-refractivity contribution in [3.8, 4) is 0 Å². The van der Waals surface area contributed by atoms with E-state index in [1.807, 2.05) is 24.3 Å². The number of fused-ring (bicyclic) bond motifs is 2. The first-order chi connectivity index (χ1) is 15.9. The lowest BCUT2D eigenvalue weighted by Crippen LogP contribution is -2.40. The predicted molar refractivity (Wildman–Crippen MR) is 126 cm³/mol. The summed E-state index contributed by atoms with van der Waals surface area (Å²) in [6, 6.07) is 18.3. The Bertz CT molecular complexity index is 1390. The van der Waals surface area contributed by atoms with Gasteiger partial charge in [-0.15, -0.1) is 0 Å². The Kier molecular flexibility index (Phi) is 5.05. The van der Waals surface area contributed by atoms with Gasteiger partial charge in [0.1, 0.15) is 0 Å². The fourth-order valence-corrected chi connectivity index (χ4v) is 6.00. The topological polar surface area (TPSA) is 113 Å². The summed E-state index contributed by atoms with van der Waals surface area (Å²) in [6.07, 6.45) is 1.56. The number of nitrogens with zero attached hydrogens (tertiary/aromatic N) is 2. The number of nitrogens with two attached hydrogens (primary N) is 1. The van der Waals surface area contributed by atoms with Crippen LogP contribution in [0.5, 0.6) is 0 Å². The van der Waals surface area contributed by atoms with Crippen molar-refractivity contribution in [2.45, 2.75) is 24.3 Å². The van der Waals surface area contributed by atoms with Gasteiger partial charge in [-0.1, -0.05) is 30.3 Å². The highest BCUT2D eigenvalue weighted by molar-refractivity contribution is 7.92. The first-order valence-corrected chi connectivity index (χ1v) is 12.0. The molecule has 0 aliphatic carbocycles. The molecule has 0 unspecified atom stereocenters. The molecule has 0 fully saturated rings. The predicted octanol–water partition coefficient (Wildman–Crippen LogP) is 3.48. The van der Waals surface area contributed by atoms with Gasteiger partial charge in [-0.25, -0.2) is 13.2 Å². The van der Waals surface area contributed by atoms with Crippen LogP contribution < -0.4 is 20.3 Å². The number of amides is 3. The number of aryl methyl sites for hydroxylation is 1. The van der Waals surface area contributed by atoms with E-state index in [1.165, 1.54) is 21.3 Å². The summed E-state index contributed by atoms with van der Waals surface area (Å²) >= 11 is 0. The third kappa shape index (κ3) is 3.60. The van der Waals surface area contributed by atoms with Crippen molar-refractivity contribution in [1.29, 1.82) is 0 Å². The standard InChI is InChI=1S/C24H22N4O4S/c25-23(29)19-10-4-11-21-20(19)15-27(24(30)26-21)17-8-3-9-18(14-17)33(31,32)28-13-5-7-16-6-1-2-12-22(16)28/h1-4,6,8-12,14H,5,7,13,15H2,(H2,25,29)(H,26,30). The molecule has 0 bridgehead atoms. The van der Waals surface area contributed by atoms with Gasteiger partial charge in [0.05, 0.1) is 17.1 Å². The van der Waals surface area contributed by atoms with Crippen molar-refractivity contribution in [2.24, 2.45) is 5.73 Å². The van der Waals surface area contributed by atoms with Crippen molar-refractivity contribution in [3.05, 3.63) is 83.4 Å². The van der Waals surface area contributed by atoms with Crippen molar-refractivity contribution < 1.29 is 18.0 Å². The molecule has 2 aliphatic rings. The maximum atomic E-state index is 13.6. The fourth-order valence-electron chi connectivity index (χ4n) is 4.41. The molecular weight excluding hydrogens is 440 g/mol. The molecule has 0 radical (unpaired) electrons. The highest BCUT2D eigenvalue weighted by Gasteiger charge is 2.31. The number of urea groups is 1. The number of carbonyl (C=O) groups is 2. The van der Waals surface area contributed by atoms with Crippen LogP contribution in [0.1, 0.15) is 27.9 Å². The van der Waals surface area contributed by atoms with Gasteiger partial charge >= 0.3 is 6.03 Å². The van der Waals surface area contributed by atoms with Gasteiger partial charge in [-0.2, -0.15) is 0 Å². The average Bonchev–Trinajstić information content (AvgIpc) is 2.82. The highest BCUT2D eigenvalue weighted by Crippen LogP contribution is 2.34. The number of primary amides is 1. The van der Waals surface area contributed by atoms with Crippen molar-refractivity contribution in [3.63, 3.8) is 0 Å². The minimum Gasteiger partial charge on any atom is -0.366 e. The first-order valence-electron chi connectivity index (χ1n) is 10.6. The van der Waals surface area contributed by atoms with Gasteiger partial charge in [0.15, 0.2) is 0 Å². The minimum atomic E-state index is -3.84. The van der Waals surface area contributed by atoms with Gasteiger partial charge < -0.3 is 11.1 Å². The number of carbonyl (C=O) groups excluding carboxylic acids is 2. The second-order valence-electron chi connectivity index (χ2n) is 8.02. The zero-order valence-corrected chi connectivity index (χ0v) is 18.5. The second-order valence-corrected chi connectivity index (χ2v) is 9.88. The minimum absolute atomic E-state index is 0.0936. The normalized spacial score (nSPS) is 15.5. The van der Waals surface area contributed by atoms with Crippen LogP contribution in [0.4, 0.5) is 21.9 Å². The summed E-state index contributed by atoms with van der Waals surface area (Å²) in [5, 5.41) is 2.76. The van der Waals surface area contributed by atoms with Gasteiger partial charge in [0, 0.05) is 29.0 Å². The number of nitrogens with one attached hydrogen (secondary N) is 1. The molecule has 9 heteroatoms. The van der Waals surface area contributed by atoms with Crippen LogP contribution in [0.3, 0.4) is 0 Å². The maximum Gasteiger partial charge on any atom is 0.326 e. The summed E-state index contributed by atoms with van der Waals surface area (Å²) in [7, 11) is -3.84. The third-order valence-electron chi connectivity index (χ3n) is 6.03. The van der Waals surface area contributed by atoms with E-state index in [9.17, 15) is 18.0 Å². The van der Waals surface area contributed by atoms with Crippen LogP contribution in [0, 0.1) is 0 Å². The quantitative estimate of drug-likeness (QED) is 0.618. The Morgan fingerprint density at radius 1 is 1.00 bits per heavy atom. The van der Waals surface area contributed by atoms with E-state index in [-0.39, 0.29) is 11.4 Å². The van der Waals surface area contributed by atoms with E-state index in [4.69, 9.17) is 5.73 Å². The highest BCUT2D eigenvalue weighted by atomic mass is 32.2. The van der Waals surface area contributed by atoms with Crippen LogP contribution in [0.2, 0.25) is 0 Å². The third-order valence-corrected chi connectivity index (χ3v) is 7.84. The molecule has 3 N–H and O–H groups in total. The number of hydrogen-bond donors (Lipinski definition) is 2. The molecule has 3 aromatic rings. The number of hydrogen-bond acceptors (Lipinski definition) is 4. The summed E-state index contributed by atoms with van der Waals surface area (Å²) in [5.74, 6) is -0.594. The number of anilines is 3. The lowest BCUT2D eigenvalue weighted by atomic mass is 10.0. The smallest absolute Gasteiger partial charge is 0.326 e. The van der Waals surface area contributed by atoms with Crippen molar-refractivity contribution >= 4 is 39.0 Å². The molecule has 8 nitrogen and oxygen atoms in total. The molecule has 168 valence electrons. The Morgan fingerprint density at radius 3 is 2.61 bits per heavy atom. The summed E-state index contributed by atoms with van der Waals surface area (Å²) in [6.45, 7) is 0.486. The largest absolute Gasteiger partial charge is 0.366 e. The summed E-state index contributed by atoms with van der Waals surface area (Å²) < 4.78 is 28.5. The lowest BCUT2D eigenvalue weighted by Gasteiger charge is -2.32. The van der Waals surface area contributed by atoms with Crippen LogP contribution in [-0.2, 0) is 23.0 Å². The van der Waals surface area contributed by atoms with E-state index in [0.717, 1.165) is 18.4 Å². The van der Waals surface area contributed by atoms with Crippen LogP contribution in [0.15, 0.2) is 71.6 Å². The fraction of sp³-hybridized carbons (Fsp3) is 0.167. The second kappa shape index (κ2) is 7.93. The number of rotatable bonds is 4. The molecule has 0 saturated carbocycles. The van der Waals surface area contributed by atoms with Gasteiger partial charge in [-0.3, -0.25) is 14.0 Å². The van der Waals surface area contributed by atoms with Crippen molar-refractivity contribution in [2.75, 3.05) is 21.1 Å². The zero-order valence-electron chi connectivity index (χ0n) is 17.7. The zero-order chi connectivity index (χ0) is 23.2. The molecule has 5 rings (SSSR count). The number of para-hydroxylation sites is 1. The van der Waals surface area contributed by atoms with E-state index in [0.29, 0.717) is 34.7 Å². The van der Waals surface area contributed by atoms with Gasteiger partial charge in [0.2, 0.25) is 5.91 Å². The molecule has 2 aliphatic heterocycles. The van der Waals surface area contributed by atoms with E-state index in [2.05, 4.69) is 5.32 Å². The Balaban J connectivity index is 1.52. The van der Waals surface area contributed by atoms with E-state index in [1.54, 1.807) is 30.3 Å². The molecule has 3 amide bonds. The summed E-state index contributed by atoms with van der Waals surface area (Å²) in [5.41, 5.74) is 9.00. The van der Waals surface area contributed by atoms with Crippen LogP contribution >= 0.6 is 0 Å². The maximum absolute atomic E-state index is 13.6. The molecular formula is C24H22N4O4S. The Morgan fingerprint density at radius 2 is 1.79 bits per heavy atom. The molecule has 0 spiro atoms. The van der Waals surface area contributed by atoms with Crippen molar-refractivity contribution in [1.82, 2.24) is 0 Å². The average molecular weight is 463 g/mol. The molecule has 0 aromatic heterocycles. The molecule has 33 heavy (non-hydrogen) atoms. The number of sulfonamides is 1. The monoisotopic (exact) mass is 462 g/mol. The van der Waals surface area contributed by atoms with E-state index < -0.39 is 22.0 Å². The molecule has 0 atom stereocenters. The first kappa shape index (κ1) is 21.0. The Labute approximate surface area is 191 Å². The van der Waals surface area contributed by atoms with E-state index >= 15 is 0 Å². The summed E-state index contributed by atoms with van der Waals surface area (Å²) in [4.78, 5) is 26.2. The van der Waals surface area contributed by atoms with Crippen LogP contribution in [0.25, 0.3) is 0 Å². The van der Waals surface area contributed by atoms with Gasteiger partial charge in [-0.05, 0) is 54.8 Å². The van der Waals surface area contributed by atoms with Gasteiger partial charge in [0.25, 0.3) is 10.0 Å². The molecule has 2 heterocycles. The lowest BCUT2D eigenvalue weighted by molar-refractivity contribution is 0.0999. The molecule has 0 saturated heterocycles. The molecule has 3 aromatic carbocycles.